The number of benzene rings is 1. The van der Waals surface area contributed by atoms with Crippen LogP contribution in [0.5, 0.6) is 0 Å². The van der Waals surface area contributed by atoms with Gasteiger partial charge in [0.05, 0.1) is 0 Å². The molecule has 1 aromatic carbocycles. The van der Waals surface area contributed by atoms with Crippen LogP contribution >= 0.6 is 0 Å². The number of rotatable bonds is 0. The van der Waals surface area contributed by atoms with Gasteiger partial charge < -0.3 is 0 Å². The molecule has 1 heteroatoms. The molecule has 2 aliphatic rings. The van der Waals surface area contributed by atoms with Gasteiger partial charge in [-0.15, -0.1) is 0 Å². The average molecular weight is 158 g/mol. The van der Waals surface area contributed by atoms with Gasteiger partial charge in [0.2, 0.25) is 0 Å². The normalized spacial score (nSPS) is 30.8. The molecule has 2 unspecified atom stereocenters. The number of carbonyl (C=O) groups excluding carboxylic acids is 1. The van der Waals surface area contributed by atoms with Crippen LogP contribution in [0.3, 0.4) is 0 Å². The Labute approximate surface area is 71.4 Å². The van der Waals surface area contributed by atoms with Gasteiger partial charge >= 0.3 is 0 Å². The van der Waals surface area contributed by atoms with Gasteiger partial charge in [0.15, 0.2) is 0 Å². The molecule has 0 bridgehead atoms. The molecule has 0 radical (unpaired) electrons. The van der Waals surface area contributed by atoms with Crippen molar-refractivity contribution in [3.05, 3.63) is 35.4 Å². The zero-order chi connectivity index (χ0) is 8.13. The summed E-state index contributed by atoms with van der Waals surface area (Å²) in [5.74, 6) is 1.43. The van der Waals surface area contributed by atoms with Crippen molar-refractivity contribution in [1.29, 1.82) is 0 Å². The Morgan fingerprint density at radius 1 is 1.17 bits per heavy atom. The van der Waals surface area contributed by atoms with E-state index in [0.717, 1.165) is 6.42 Å². The predicted octanol–water partition coefficient (Wildman–Crippen LogP) is 1.92. The van der Waals surface area contributed by atoms with Gasteiger partial charge in [-0.1, -0.05) is 24.3 Å². The lowest BCUT2D eigenvalue weighted by Gasteiger charge is -2.12. The third-order valence-corrected chi connectivity index (χ3v) is 3.02. The van der Waals surface area contributed by atoms with E-state index >= 15 is 0 Å². The molecule has 3 rings (SSSR count). The van der Waals surface area contributed by atoms with Gasteiger partial charge in [-0.2, -0.15) is 0 Å². The summed E-state index contributed by atoms with van der Waals surface area (Å²) in [6.07, 6.45) is 1.78. The van der Waals surface area contributed by atoms with Gasteiger partial charge in [-0.3, -0.25) is 4.79 Å². The van der Waals surface area contributed by atoms with Crippen molar-refractivity contribution in [3.8, 4) is 0 Å². The highest BCUT2D eigenvalue weighted by atomic mass is 16.1. The molecule has 1 saturated carbocycles. The maximum atomic E-state index is 11.4. The Bertz CT molecular complexity index is 354. The summed E-state index contributed by atoms with van der Waals surface area (Å²) >= 11 is 0. The van der Waals surface area contributed by atoms with E-state index in [1.54, 1.807) is 0 Å². The Kier molecular flexibility index (Phi) is 1.06. The van der Waals surface area contributed by atoms with E-state index in [1.165, 1.54) is 11.1 Å². The van der Waals surface area contributed by atoms with Crippen molar-refractivity contribution in [2.45, 2.75) is 18.8 Å². The number of ketones is 1. The number of hydrogen-bond acceptors (Lipinski definition) is 1. The van der Waals surface area contributed by atoms with Crippen LogP contribution in [0.15, 0.2) is 24.3 Å². The molecule has 0 spiro atoms. The van der Waals surface area contributed by atoms with Crippen LogP contribution in [0.4, 0.5) is 0 Å². The van der Waals surface area contributed by atoms with Gasteiger partial charge in [-0.25, -0.2) is 0 Å². The van der Waals surface area contributed by atoms with Crippen molar-refractivity contribution in [2.75, 3.05) is 0 Å². The van der Waals surface area contributed by atoms with Crippen molar-refractivity contribution < 1.29 is 4.79 Å². The summed E-state index contributed by atoms with van der Waals surface area (Å²) in [5, 5.41) is 0. The Hall–Kier alpha value is -1.11. The molecule has 0 amide bonds. The van der Waals surface area contributed by atoms with Gasteiger partial charge in [-0.05, 0) is 23.5 Å². The first-order chi connectivity index (χ1) is 5.86. The smallest absolute Gasteiger partial charge is 0.140 e. The van der Waals surface area contributed by atoms with E-state index in [4.69, 9.17) is 0 Å². The fourth-order valence-electron chi connectivity index (χ4n) is 2.27. The summed E-state index contributed by atoms with van der Waals surface area (Å²) in [7, 11) is 0. The summed E-state index contributed by atoms with van der Waals surface area (Å²) in [5.41, 5.74) is 2.70. The van der Waals surface area contributed by atoms with E-state index in [2.05, 4.69) is 18.2 Å². The Morgan fingerprint density at radius 3 is 2.92 bits per heavy atom. The number of Topliss-reactive ketones (excluding diaryl/α,β-unsaturated/α-hetero) is 1. The summed E-state index contributed by atoms with van der Waals surface area (Å²) in [4.78, 5) is 11.4. The van der Waals surface area contributed by atoms with Gasteiger partial charge in [0.1, 0.15) is 5.78 Å². The van der Waals surface area contributed by atoms with Crippen LogP contribution in [0.25, 0.3) is 0 Å². The van der Waals surface area contributed by atoms with E-state index in [0.29, 0.717) is 24.0 Å². The van der Waals surface area contributed by atoms with Crippen LogP contribution in [0.2, 0.25) is 0 Å². The lowest BCUT2D eigenvalue weighted by molar-refractivity contribution is -0.120. The quantitative estimate of drug-likeness (QED) is 0.563. The minimum Gasteiger partial charge on any atom is -0.299 e. The highest BCUT2D eigenvalue weighted by Crippen LogP contribution is 2.52. The number of hydrogen-bond donors (Lipinski definition) is 0. The van der Waals surface area contributed by atoms with Crippen molar-refractivity contribution in [1.82, 2.24) is 0 Å². The number of fused-ring (bicyclic) bond motifs is 3. The highest BCUT2D eigenvalue weighted by Gasteiger charge is 2.47. The fourth-order valence-corrected chi connectivity index (χ4v) is 2.27. The first-order valence-corrected chi connectivity index (χ1v) is 4.47. The zero-order valence-corrected chi connectivity index (χ0v) is 6.79. The van der Waals surface area contributed by atoms with Crippen molar-refractivity contribution >= 4 is 5.78 Å². The molecular formula is C11H10O. The third-order valence-electron chi connectivity index (χ3n) is 3.02. The van der Waals surface area contributed by atoms with E-state index in [-0.39, 0.29) is 0 Å². The molecule has 0 heterocycles. The maximum absolute atomic E-state index is 11.4. The van der Waals surface area contributed by atoms with E-state index < -0.39 is 0 Å². The molecule has 0 N–H and O–H groups in total. The standard InChI is InChI=1S/C11H10O/c12-11-5-7-3-1-2-4-8(7)9-6-10(9)11/h1-4,9-10H,5-6H2. The topological polar surface area (TPSA) is 17.1 Å². The van der Waals surface area contributed by atoms with Crippen LogP contribution < -0.4 is 0 Å². The van der Waals surface area contributed by atoms with Crippen molar-refractivity contribution in [3.63, 3.8) is 0 Å². The maximum Gasteiger partial charge on any atom is 0.140 e. The third kappa shape index (κ3) is 0.711. The first kappa shape index (κ1) is 6.41. The largest absolute Gasteiger partial charge is 0.299 e. The monoisotopic (exact) mass is 158 g/mol. The lowest BCUT2D eigenvalue weighted by Crippen LogP contribution is -2.13. The molecule has 2 atom stereocenters. The first-order valence-electron chi connectivity index (χ1n) is 4.47. The Morgan fingerprint density at radius 2 is 2.00 bits per heavy atom. The fraction of sp³-hybridized carbons (Fsp3) is 0.364. The SMILES string of the molecule is O=C1Cc2ccccc2C2CC12. The summed E-state index contributed by atoms with van der Waals surface area (Å²) < 4.78 is 0. The zero-order valence-electron chi connectivity index (χ0n) is 6.79. The van der Waals surface area contributed by atoms with Gasteiger partial charge in [0.25, 0.3) is 0 Å². The second-order valence-corrected chi connectivity index (χ2v) is 3.79. The minimum atomic E-state index is 0.389. The molecule has 12 heavy (non-hydrogen) atoms. The highest BCUT2D eigenvalue weighted by molar-refractivity contribution is 5.89. The molecule has 1 aromatic rings. The van der Waals surface area contributed by atoms with Gasteiger partial charge in [0, 0.05) is 12.3 Å². The molecule has 1 fully saturated rings. The van der Waals surface area contributed by atoms with E-state index in [9.17, 15) is 4.79 Å². The molecule has 2 aliphatic carbocycles. The Balaban J connectivity index is 2.16. The summed E-state index contributed by atoms with van der Waals surface area (Å²) in [6.45, 7) is 0. The molecule has 0 aliphatic heterocycles. The number of carbonyl (C=O) groups is 1. The average Bonchev–Trinajstić information content (AvgIpc) is 2.84. The second-order valence-electron chi connectivity index (χ2n) is 3.79. The molecule has 60 valence electrons. The van der Waals surface area contributed by atoms with Crippen LogP contribution in [0, 0.1) is 5.92 Å². The van der Waals surface area contributed by atoms with Crippen LogP contribution in [-0.2, 0) is 11.2 Å². The van der Waals surface area contributed by atoms with E-state index in [1.807, 2.05) is 6.07 Å². The van der Waals surface area contributed by atoms with Crippen LogP contribution in [-0.4, -0.2) is 5.78 Å². The second kappa shape index (κ2) is 1.98. The van der Waals surface area contributed by atoms with Crippen LogP contribution in [0.1, 0.15) is 23.5 Å². The molecular weight excluding hydrogens is 148 g/mol. The predicted molar refractivity (Wildman–Crippen MR) is 46.0 cm³/mol. The lowest BCUT2D eigenvalue weighted by atomic mass is 9.91. The minimum absolute atomic E-state index is 0.389. The molecule has 0 saturated heterocycles. The molecule has 0 aromatic heterocycles. The van der Waals surface area contributed by atoms with Crippen molar-refractivity contribution in [2.24, 2.45) is 5.92 Å². The summed E-state index contributed by atoms with van der Waals surface area (Å²) in [6, 6.07) is 8.35. The molecule has 1 nitrogen and oxygen atoms in total.